The first-order chi connectivity index (χ1) is 16.6. The van der Waals surface area contributed by atoms with Crippen LogP contribution in [0.5, 0.6) is 0 Å². The summed E-state index contributed by atoms with van der Waals surface area (Å²) in [7, 11) is 0. The zero-order valence-corrected chi connectivity index (χ0v) is 20.1. The first kappa shape index (κ1) is 22.3. The molecule has 0 aliphatic carbocycles. The number of anilines is 4. The van der Waals surface area contributed by atoms with Crippen molar-refractivity contribution in [1.82, 2.24) is 20.1 Å². The lowest BCUT2D eigenvalue weighted by molar-refractivity contribution is -0.136. The highest BCUT2D eigenvalue weighted by atomic mass is 79.9. The van der Waals surface area contributed by atoms with E-state index < -0.39 is 0 Å². The van der Waals surface area contributed by atoms with Gasteiger partial charge in [-0.3, -0.25) is 14.6 Å². The van der Waals surface area contributed by atoms with Crippen molar-refractivity contribution in [2.75, 3.05) is 47.8 Å². The molecule has 5 rings (SSSR count). The van der Waals surface area contributed by atoms with Gasteiger partial charge in [-0.25, -0.2) is 0 Å². The van der Waals surface area contributed by atoms with Crippen LogP contribution in [-0.4, -0.2) is 64.6 Å². The van der Waals surface area contributed by atoms with E-state index in [2.05, 4.69) is 41.3 Å². The third-order valence-corrected chi connectivity index (χ3v) is 6.59. The van der Waals surface area contributed by atoms with Crippen molar-refractivity contribution >= 4 is 50.8 Å². The van der Waals surface area contributed by atoms with E-state index in [0.717, 1.165) is 21.7 Å². The third kappa shape index (κ3) is 4.86. The van der Waals surface area contributed by atoms with Crippen LogP contribution in [0.4, 0.5) is 23.0 Å². The van der Waals surface area contributed by atoms with Crippen LogP contribution in [-0.2, 0) is 9.59 Å². The third-order valence-electron chi connectivity index (χ3n) is 6.09. The van der Waals surface area contributed by atoms with Gasteiger partial charge in [-0.2, -0.15) is 0 Å². The van der Waals surface area contributed by atoms with Crippen molar-refractivity contribution in [3.8, 4) is 0 Å². The molecule has 1 unspecified atom stereocenters. The highest BCUT2D eigenvalue weighted by Gasteiger charge is 2.38. The summed E-state index contributed by atoms with van der Waals surface area (Å²) in [6.45, 7) is 2.96. The summed E-state index contributed by atoms with van der Waals surface area (Å²) in [5, 5.41) is 11.8. The number of piperazine rings is 1. The molecule has 1 aromatic carbocycles. The highest BCUT2D eigenvalue weighted by molar-refractivity contribution is 9.10. The Balaban J connectivity index is 1.15. The standard InChI is InChI=1S/C24H24BrN7O2/c25-18-3-1-5-20(14-18)32-16-17(13-23(32)33)24(34)31-11-9-30(10-12-31)22-7-6-21(28-29-22)27-19-4-2-8-26-15-19/h1-8,14-15,17H,9-13,16H2,(H,27,28). The molecule has 0 spiro atoms. The van der Waals surface area contributed by atoms with E-state index in [9.17, 15) is 9.59 Å². The number of amides is 2. The van der Waals surface area contributed by atoms with Crippen molar-refractivity contribution in [2.24, 2.45) is 5.92 Å². The Morgan fingerprint density at radius 3 is 2.59 bits per heavy atom. The zero-order chi connectivity index (χ0) is 23.5. The molecule has 2 fully saturated rings. The van der Waals surface area contributed by atoms with Crippen LogP contribution in [0.3, 0.4) is 0 Å². The minimum atomic E-state index is -0.310. The van der Waals surface area contributed by atoms with Gasteiger partial charge in [-0.05, 0) is 42.5 Å². The normalized spacial score (nSPS) is 18.3. The predicted molar refractivity (Wildman–Crippen MR) is 133 cm³/mol. The summed E-state index contributed by atoms with van der Waals surface area (Å²) in [4.78, 5) is 35.5. The number of rotatable bonds is 5. The van der Waals surface area contributed by atoms with Gasteiger partial charge >= 0.3 is 0 Å². The quantitative estimate of drug-likeness (QED) is 0.551. The fourth-order valence-electron chi connectivity index (χ4n) is 4.33. The lowest BCUT2D eigenvalue weighted by atomic mass is 10.1. The second kappa shape index (κ2) is 9.76. The van der Waals surface area contributed by atoms with Crippen molar-refractivity contribution in [2.45, 2.75) is 6.42 Å². The highest BCUT2D eigenvalue weighted by Crippen LogP contribution is 2.28. The lowest BCUT2D eigenvalue weighted by Gasteiger charge is -2.36. The molecule has 4 heterocycles. The number of hydrogen-bond acceptors (Lipinski definition) is 7. The van der Waals surface area contributed by atoms with E-state index >= 15 is 0 Å². The SMILES string of the molecule is O=C(C1CC(=O)N(c2cccc(Br)c2)C1)N1CCN(c2ccc(Nc3cccnc3)nn2)CC1. The van der Waals surface area contributed by atoms with Crippen molar-refractivity contribution < 1.29 is 9.59 Å². The van der Waals surface area contributed by atoms with Gasteiger partial charge < -0.3 is 20.0 Å². The number of pyridine rings is 1. The Morgan fingerprint density at radius 1 is 1.03 bits per heavy atom. The number of benzene rings is 1. The van der Waals surface area contributed by atoms with Crippen molar-refractivity contribution in [3.05, 3.63) is 65.4 Å². The molecule has 1 N–H and O–H groups in total. The van der Waals surface area contributed by atoms with Crippen LogP contribution in [0, 0.1) is 5.92 Å². The van der Waals surface area contributed by atoms with Gasteiger partial charge in [0.1, 0.15) is 0 Å². The molecular weight excluding hydrogens is 498 g/mol. The summed E-state index contributed by atoms with van der Waals surface area (Å²) >= 11 is 3.45. The fraction of sp³-hybridized carbons (Fsp3) is 0.292. The summed E-state index contributed by atoms with van der Waals surface area (Å²) in [5.74, 6) is 1.15. The second-order valence-electron chi connectivity index (χ2n) is 8.34. The van der Waals surface area contributed by atoms with Gasteiger partial charge in [0.15, 0.2) is 11.6 Å². The molecule has 34 heavy (non-hydrogen) atoms. The number of nitrogens with one attached hydrogen (secondary N) is 1. The number of nitrogens with zero attached hydrogens (tertiary/aromatic N) is 6. The summed E-state index contributed by atoms with van der Waals surface area (Å²) < 4.78 is 0.910. The van der Waals surface area contributed by atoms with Gasteiger partial charge in [0.25, 0.3) is 0 Å². The van der Waals surface area contributed by atoms with Crippen LogP contribution in [0.2, 0.25) is 0 Å². The zero-order valence-electron chi connectivity index (χ0n) is 18.5. The average Bonchev–Trinajstić information content (AvgIpc) is 3.26. The molecule has 10 heteroatoms. The van der Waals surface area contributed by atoms with Gasteiger partial charge in [0, 0.05) is 55.5 Å². The lowest BCUT2D eigenvalue weighted by Crippen LogP contribution is -2.51. The average molecular weight is 522 g/mol. The Bertz CT molecular complexity index is 1170. The van der Waals surface area contributed by atoms with E-state index in [1.165, 1.54) is 0 Å². The molecule has 9 nitrogen and oxygen atoms in total. The molecular formula is C24H24BrN7O2. The Labute approximate surface area is 205 Å². The molecule has 0 radical (unpaired) electrons. The minimum absolute atomic E-state index is 0.00894. The van der Waals surface area contributed by atoms with E-state index in [4.69, 9.17) is 0 Å². The Hall–Kier alpha value is -3.53. The topological polar surface area (TPSA) is 94.6 Å². The van der Waals surface area contributed by atoms with Crippen molar-refractivity contribution in [3.63, 3.8) is 0 Å². The molecule has 0 bridgehead atoms. The minimum Gasteiger partial charge on any atom is -0.352 e. The number of hydrogen-bond donors (Lipinski definition) is 1. The predicted octanol–water partition coefficient (Wildman–Crippen LogP) is 3.08. The van der Waals surface area contributed by atoms with Crippen LogP contribution in [0.15, 0.2) is 65.4 Å². The molecule has 2 amide bonds. The molecule has 3 aromatic rings. The van der Waals surface area contributed by atoms with Gasteiger partial charge in [-0.1, -0.05) is 22.0 Å². The fourth-order valence-corrected chi connectivity index (χ4v) is 4.71. The van der Waals surface area contributed by atoms with E-state index in [-0.39, 0.29) is 24.2 Å². The van der Waals surface area contributed by atoms with Gasteiger partial charge in [0.05, 0.1) is 17.8 Å². The summed E-state index contributed by atoms with van der Waals surface area (Å²) in [6.07, 6.45) is 3.69. The number of carbonyl (C=O) groups excluding carboxylic acids is 2. The Kier molecular flexibility index (Phi) is 6.39. The maximum Gasteiger partial charge on any atom is 0.228 e. The number of halogens is 1. The molecule has 1 atom stereocenters. The number of carbonyl (C=O) groups is 2. The summed E-state index contributed by atoms with van der Waals surface area (Å²) in [5.41, 5.74) is 1.67. The number of aromatic nitrogens is 3. The molecule has 2 aromatic heterocycles. The summed E-state index contributed by atoms with van der Waals surface area (Å²) in [6, 6.07) is 15.2. The molecule has 2 aliphatic rings. The van der Waals surface area contributed by atoms with Gasteiger partial charge in [0.2, 0.25) is 11.8 Å². The maximum atomic E-state index is 13.1. The molecule has 2 saturated heterocycles. The second-order valence-corrected chi connectivity index (χ2v) is 9.26. The van der Waals surface area contributed by atoms with Crippen LogP contribution >= 0.6 is 15.9 Å². The van der Waals surface area contributed by atoms with Gasteiger partial charge in [-0.15, -0.1) is 10.2 Å². The van der Waals surface area contributed by atoms with E-state index in [0.29, 0.717) is 38.5 Å². The Morgan fingerprint density at radius 2 is 1.88 bits per heavy atom. The molecule has 174 valence electrons. The van der Waals surface area contributed by atoms with Crippen LogP contribution in [0.25, 0.3) is 0 Å². The first-order valence-electron chi connectivity index (χ1n) is 11.2. The largest absolute Gasteiger partial charge is 0.352 e. The monoisotopic (exact) mass is 521 g/mol. The first-order valence-corrected chi connectivity index (χ1v) is 12.0. The smallest absolute Gasteiger partial charge is 0.228 e. The maximum absolute atomic E-state index is 13.1. The van der Waals surface area contributed by atoms with E-state index in [1.807, 2.05) is 53.4 Å². The molecule has 0 saturated carbocycles. The molecule has 2 aliphatic heterocycles. The van der Waals surface area contributed by atoms with Crippen LogP contribution in [0.1, 0.15) is 6.42 Å². The van der Waals surface area contributed by atoms with Crippen LogP contribution < -0.4 is 15.1 Å². The van der Waals surface area contributed by atoms with Crippen molar-refractivity contribution in [1.29, 1.82) is 0 Å². The van der Waals surface area contributed by atoms with E-state index in [1.54, 1.807) is 17.3 Å².